The van der Waals surface area contributed by atoms with E-state index in [1.807, 2.05) is 0 Å². The number of carboxylic acids is 1. The average molecular weight is 205 g/mol. The van der Waals surface area contributed by atoms with E-state index in [2.05, 4.69) is 4.74 Å². The van der Waals surface area contributed by atoms with Crippen molar-refractivity contribution in [3.63, 3.8) is 0 Å². The summed E-state index contributed by atoms with van der Waals surface area (Å²) in [7, 11) is 1.19. The maximum Gasteiger partial charge on any atom is 0.349 e. The van der Waals surface area contributed by atoms with Crippen molar-refractivity contribution in [1.29, 1.82) is 0 Å². The molecule has 0 unspecified atom stereocenters. The summed E-state index contributed by atoms with van der Waals surface area (Å²) in [5, 5.41) is 8.59. The third-order valence-electron chi connectivity index (χ3n) is 2.00. The molecule has 0 heterocycles. The Morgan fingerprint density at radius 3 is 2.38 bits per heavy atom. The molecule has 0 spiro atoms. The molecule has 1 rings (SSSR count). The summed E-state index contributed by atoms with van der Waals surface area (Å²) < 4.78 is 4.33. The van der Waals surface area contributed by atoms with Crippen molar-refractivity contribution in [2.24, 2.45) is 5.41 Å². The smallest absolute Gasteiger partial charge is 0.349 e. The normalized spacial score (nSPS) is 19.4. The predicted molar refractivity (Wildman–Crippen MR) is 45.3 cm³/mol. The molecule has 5 heteroatoms. The van der Waals surface area contributed by atoms with Crippen LogP contribution in [0, 0.1) is 5.41 Å². The zero-order valence-electron chi connectivity index (χ0n) is 7.04. The fourth-order valence-corrected chi connectivity index (χ4v) is 1.24. The van der Waals surface area contributed by atoms with E-state index in [1.165, 1.54) is 13.2 Å². The van der Waals surface area contributed by atoms with Crippen LogP contribution in [0.3, 0.4) is 0 Å². The molecule has 72 valence electrons. The molecule has 0 bridgehead atoms. The van der Waals surface area contributed by atoms with E-state index in [0.29, 0.717) is 12.8 Å². The summed E-state index contributed by atoms with van der Waals surface area (Å²) in [4.78, 5) is 21.5. The molecule has 13 heavy (non-hydrogen) atoms. The lowest BCUT2D eigenvalue weighted by Crippen LogP contribution is -2.13. The summed E-state index contributed by atoms with van der Waals surface area (Å²) in [6, 6.07) is 0. The van der Waals surface area contributed by atoms with Crippen molar-refractivity contribution in [2.45, 2.75) is 12.8 Å². The Labute approximate surface area is 80.1 Å². The number of aliphatic carboxylic acids is 1. The van der Waals surface area contributed by atoms with E-state index < -0.39 is 17.4 Å². The van der Waals surface area contributed by atoms with Gasteiger partial charge in [-0.15, -0.1) is 0 Å². The fourth-order valence-electron chi connectivity index (χ4n) is 0.954. The van der Waals surface area contributed by atoms with Gasteiger partial charge in [-0.3, -0.25) is 4.79 Å². The number of hydrogen-bond acceptors (Lipinski definition) is 3. The van der Waals surface area contributed by atoms with Crippen LogP contribution in [-0.4, -0.2) is 24.2 Å². The molecule has 0 atom stereocenters. The van der Waals surface area contributed by atoms with Gasteiger partial charge in [0.1, 0.15) is 5.03 Å². The quantitative estimate of drug-likeness (QED) is 0.553. The molecule has 0 radical (unpaired) electrons. The molecule has 1 aliphatic carbocycles. The molecule has 0 aromatic rings. The Kier molecular flexibility index (Phi) is 2.61. The Balaban J connectivity index is 2.76. The van der Waals surface area contributed by atoms with Crippen molar-refractivity contribution in [3.8, 4) is 0 Å². The SMILES string of the molecule is COC(=O)C(Cl)=CC1(C(=O)O)CC1. The monoisotopic (exact) mass is 204 g/mol. The number of ether oxygens (including phenoxy) is 1. The highest BCUT2D eigenvalue weighted by Crippen LogP contribution is 2.48. The summed E-state index contributed by atoms with van der Waals surface area (Å²) >= 11 is 5.52. The molecule has 1 saturated carbocycles. The molecule has 0 amide bonds. The van der Waals surface area contributed by atoms with Gasteiger partial charge < -0.3 is 9.84 Å². The molecule has 1 fully saturated rings. The molecular weight excluding hydrogens is 196 g/mol. The minimum absolute atomic E-state index is 0.164. The van der Waals surface area contributed by atoms with Gasteiger partial charge in [-0.1, -0.05) is 11.6 Å². The van der Waals surface area contributed by atoms with Crippen LogP contribution in [0.4, 0.5) is 0 Å². The van der Waals surface area contributed by atoms with Gasteiger partial charge in [0.2, 0.25) is 0 Å². The van der Waals surface area contributed by atoms with Gasteiger partial charge in [-0.2, -0.15) is 0 Å². The van der Waals surface area contributed by atoms with E-state index in [0.717, 1.165) is 0 Å². The standard InChI is InChI=1S/C8H9ClO4/c1-13-6(10)5(9)4-8(2-3-8)7(11)12/h4H,2-3H2,1H3,(H,11,12). The zero-order chi connectivity index (χ0) is 10.1. The van der Waals surface area contributed by atoms with Crippen LogP contribution in [0.25, 0.3) is 0 Å². The molecule has 0 aromatic carbocycles. The van der Waals surface area contributed by atoms with Crippen molar-refractivity contribution in [2.75, 3.05) is 7.11 Å². The fraction of sp³-hybridized carbons (Fsp3) is 0.500. The second-order valence-corrected chi connectivity index (χ2v) is 3.35. The maximum absolute atomic E-state index is 10.8. The van der Waals surface area contributed by atoms with Gasteiger partial charge in [0.15, 0.2) is 0 Å². The van der Waals surface area contributed by atoms with Gasteiger partial charge in [0, 0.05) is 0 Å². The zero-order valence-corrected chi connectivity index (χ0v) is 7.80. The van der Waals surface area contributed by atoms with Gasteiger partial charge in [-0.05, 0) is 18.9 Å². The largest absolute Gasteiger partial charge is 0.481 e. The van der Waals surface area contributed by atoms with Gasteiger partial charge in [0.05, 0.1) is 12.5 Å². The van der Waals surface area contributed by atoms with E-state index in [1.54, 1.807) is 0 Å². The Hall–Kier alpha value is -1.03. The number of carbonyl (C=O) groups is 2. The van der Waals surface area contributed by atoms with Gasteiger partial charge >= 0.3 is 11.9 Å². The second kappa shape index (κ2) is 3.38. The number of methoxy groups -OCH3 is 1. The van der Waals surface area contributed by atoms with E-state index in [9.17, 15) is 9.59 Å². The first kappa shape index (κ1) is 10.1. The van der Waals surface area contributed by atoms with Crippen LogP contribution in [0.15, 0.2) is 11.1 Å². The minimum atomic E-state index is -0.949. The number of hydrogen-bond donors (Lipinski definition) is 1. The molecule has 1 N–H and O–H groups in total. The minimum Gasteiger partial charge on any atom is -0.481 e. The van der Waals surface area contributed by atoms with Crippen LogP contribution in [-0.2, 0) is 14.3 Å². The molecule has 0 saturated heterocycles. The summed E-state index contributed by atoms with van der Waals surface area (Å²) in [5.41, 5.74) is -0.925. The van der Waals surface area contributed by atoms with Crippen LogP contribution >= 0.6 is 11.6 Å². The van der Waals surface area contributed by atoms with Crippen molar-refractivity contribution in [1.82, 2.24) is 0 Å². The summed E-state index contributed by atoms with van der Waals surface area (Å²) in [6.07, 6.45) is 2.30. The second-order valence-electron chi connectivity index (χ2n) is 2.95. The third kappa shape index (κ3) is 2.01. The lowest BCUT2D eigenvalue weighted by Gasteiger charge is -2.03. The first-order valence-corrected chi connectivity index (χ1v) is 4.10. The summed E-state index contributed by atoms with van der Waals surface area (Å²) in [6.45, 7) is 0. The number of esters is 1. The highest BCUT2D eigenvalue weighted by molar-refractivity contribution is 6.41. The highest BCUT2D eigenvalue weighted by atomic mass is 35.5. The number of carboxylic acid groups (broad SMARTS) is 1. The van der Waals surface area contributed by atoms with Crippen molar-refractivity contribution in [3.05, 3.63) is 11.1 Å². The lowest BCUT2D eigenvalue weighted by molar-refractivity contribution is -0.141. The van der Waals surface area contributed by atoms with Crippen LogP contribution < -0.4 is 0 Å². The number of halogens is 1. The van der Waals surface area contributed by atoms with E-state index in [4.69, 9.17) is 16.7 Å². The average Bonchev–Trinajstić information content (AvgIpc) is 2.84. The maximum atomic E-state index is 10.8. The Morgan fingerprint density at radius 1 is 1.54 bits per heavy atom. The summed E-state index contributed by atoms with van der Waals surface area (Å²) in [5.74, 6) is -1.65. The van der Waals surface area contributed by atoms with Gasteiger partial charge in [0.25, 0.3) is 0 Å². The highest BCUT2D eigenvalue weighted by Gasteiger charge is 2.49. The molecular formula is C8H9ClO4. The topological polar surface area (TPSA) is 63.6 Å². The molecule has 1 aliphatic rings. The van der Waals surface area contributed by atoms with Crippen LogP contribution in [0.5, 0.6) is 0 Å². The van der Waals surface area contributed by atoms with Crippen molar-refractivity contribution >= 4 is 23.5 Å². The van der Waals surface area contributed by atoms with Gasteiger partial charge in [-0.25, -0.2) is 4.79 Å². The molecule has 0 aromatic heterocycles. The Bertz CT molecular complexity index is 278. The van der Waals surface area contributed by atoms with E-state index >= 15 is 0 Å². The first-order chi connectivity index (χ1) is 6.02. The molecule has 4 nitrogen and oxygen atoms in total. The number of carbonyl (C=O) groups excluding carboxylic acids is 1. The van der Waals surface area contributed by atoms with Crippen LogP contribution in [0.1, 0.15) is 12.8 Å². The predicted octanol–water partition coefficient (Wildman–Crippen LogP) is 1.15. The van der Waals surface area contributed by atoms with Crippen molar-refractivity contribution < 1.29 is 19.4 Å². The number of rotatable bonds is 3. The Morgan fingerprint density at radius 2 is 2.08 bits per heavy atom. The van der Waals surface area contributed by atoms with E-state index in [-0.39, 0.29) is 5.03 Å². The third-order valence-corrected chi connectivity index (χ3v) is 2.26. The lowest BCUT2D eigenvalue weighted by atomic mass is 10.1. The first-order valence-electron chi connectivity index (χ1n) is 3.72. The van der Waals surface area contributed by atoms with Crippen LogP contribution in [0.2, 0.25) is 0 Å². The molecule has 0 aliphatic heterocycles.